The van der Waals surface area contributed by atoms with E-state index >= 15 is 0 Å². The third-order valence-electron chi connectivity index (χ3n) is 23.8. The number of nitrogens with one attached hydrogen (secondary N) is 4. The molecule has 0 amide bonds. The summed E-state index contributed by atoms with van der Waals surface area (Å²) in [5.41, 5.74) is 10.1. The molecular weight excluding hydrogens is 1290 g/mol. The Labute approximate surface area is 594 Å². The van der Waals surface area contributed by atoms with E-state index in [1.807, 2.05) is 76.2 Å². The van der Waals surface area contributed by atoms with Crippen LogP contribution in [0.2, 0.25) is 0 Å². The van der Waals surface area contributed by atoms with Crippen LogP contribution in [-0.2, 0) is 14.2 Å². The summed E-state index contributed by atoms with van der Waals surface area (Å²) >= 11 is 0. The Hall–Kier alpha value is -7.66. The van der Waals surface area contributed by atoms with Crippen molar-refractivity contribution in [2.45, 2.75) is 105 Å². The van der Waals surface area contributed by atoms with Crippen LogP contribution in [0.25, 0.3) is 43.6 Å². The molecule has 100 heavy (non-hydrogen) atoms. The van der Waals surface area contributed by atoms with Crippen LogP contribution in [0, 0.1) is 49.4 Å². The molecule has 0 saturated carbocycles. The Kier molecular flexibility index (Phi) is 22.1. The predicted molar refractivity (Wildman–Crippen MR) is 390 cm³/mol. The van der Waals surface area contributed by atoms with Crippen molar-refractivity contribution < 1.29 is 71.3 Å². The van der Waals surface area contributed by atoms with E-state index in [9.17, 15) is 24.3 Å². The number of methoxy groups -OCH3 is 4. The number of carbonyl (C=O) groups excluding carboxylic acids is 3. The maximum absolute atomic E-state index is 12.7. The van der Waals surface area contributed by atoms with Gasteiger partial charge in [0.1, 0.15) is 23.0 Å². The molecule has 24 heteroatoms. The quantitative estimate of drug-likeness (QED) is 0.0318. The summed E-state index contributed by atoms with van der Waals surface area (Å²) in [5.74, 6) is 1.07. The lowest BCUT2D eigenvalue weighted by atomic mass is 9.70. The second kappa shape index (κ2) is 30.1. The largest absolute Gasteiger partial charge is 0.496 e. The van der Waals surface area contributed by atoms with E-state index < -0.39 is 5.97 Å². The molecule has 0 aliphatic carbocycles. The van der Waals surface area contributed by atoms with E-state index in [0.717, 1.165) is 238 Å². The maximum Gasteiger partial charge on any atom is 0.481 e. The highest BCUT2D eigenvalue weighted by molar-refractivity contribution is 6.09. The number of hydrogen-bond acceptors (Lipinski definition) is 14. The number of aryl methyl sites for hydroxylation is 4. The molecule has 20 rings (SSSR count). The highest BCUT2D eigenvalue weighted by Crippen LogP contribution is 2.46. The zero-order valence-corrected chi connectivity index (χ0v) is 60.3. The Morgan fingerprint density at radius 1 is 0.410 bits per heavy atom. The summed E-state index contributed by atoms with van der Waals surface area (Å²) in [6.07, 6.45) is 20.0. The van der Waals surface area contributed by atoms with Gasteiger partial charge in [-0.2, -0.15) is 0 Å². The summed E-state index contributed by atoms with van der Waals surface area (Å²) in [5, 5.41) is 21.3. The standard InChI is InChI=1S/C19H24BN2O3.2C19H24N2O3.C11H11NO3.C8H15BNO.ClH/c1-13-3-4-15-16(17(13)24-2)14(11-21-15)18(23)25-12-19-5-8-22(20,9-6-19)10-7-19;2*1-13-3-4-15-16(17(13)23-2)14(11-20-15)18(22)24-12-19-5-8-21(9-6-19)10-7-19;1-6-3-4-8-9(10(6)15-2)7(5-12-8)11(13)14;9-10-4-1-8(7-11,2-5-10)3-6-10;/h3-4,11,21H,5-10,12H2,1-2H3;2*3-4,11,20H,5-10,12H2,1-2H3;3-5,12H,1-2H3,(H,13,14);11H,1-7H2;1H/q+1;;;;+1;. The normalized spacial score (nSPS) is 26.5. The number of piperidine rings is 12. The fourth-order valence-electron chi connectivity index (χ4n) is 16.6. The van der Waals surface area contributed by atoms with E-state index in [-0.39, 0.29) is 57.5 Å². The molecule has 6 N–H and O–H groups in total. The van der Waals surface area contributed by atoms with Gasteiger partial charge >= 0.3 is 39.8 Å². The molecular formula is C76H99B2ClN8O13+2. The molecule has 4 aromatic carbocycles. The number of nitrogens with zero attached hydrogens (tertiary/aromatic N) is 4. The van der Waals surface area contributed by atoms with Gasteiger partial charge in [0, 0.05) is 91.6 Å². The first kappa shape index (κ1) is 73.6. The van der Waals surface area contributed by atoms with Crippen molar-refractivity contribution in [2.24, 2.45) is 21.7 Å². The first-order valence-electron chi connectivity index (χ1n) is 35.2. The molecule has 12 aliphatic rings. The van der Waals surface area contributed by atoms with Crippen LogP contribution in [-0.4, -0.2) is 222 Å². The molecule has 0 atom stereocenters. The maximum atomic E-state index is 12.7. The van der Waals surface area contributed by atoms with Crippen molar-refractivity contribution in [3.63, 3.8) is 0 Å². The Morgan fingerprint density at radius 3 is 0.900 bits per heavy atom. The number of carboxylic acid groups (broad SMARTS) is 1. The number of esters is 3. The number of aliphatic hydroxyl groups is 1. The van der Waals surface area contributed by atoms with Crippen LogP contribution in [0.1, 0.15) is 141 Å². The Balaban J connectivity index is 0.000000129. The number of aromatic nitrogens is 4. The summed E-state index contributed by atoms with van der Waals surface area (Å²) < 4.78 is 40.5. The molecule has 8 bridgehead atoms. The van der Waals surface area contributed by atoms with Gasteiger partial charge in [-0.25, -0.2) is 19.2 Å². The van der Waals surface area contributed by atoms with E-state index in [1.54, 1.807) is 47.0 Å². The van der Waals surface area contributed by atoms with E-state index in [1.165, 1.54) is 6.20 Å². The number of benzene rings is 4. The summed E-state index contributed by atoms with van der Waals surface area (Å²) in [4.78, 5) is 66.5. The molecule has 8 aromatic rings. The highest BCUT2D eigenvalue weighted by Gasteiger charge is 2.49. The van der Waals surface area contributed by atoms with Crippen molar-refractivity contribution in [3.05, 3.63) is 118 Å². The Morgan fingerprint density at radius 2 is 0.650 bits per heavy atom. The van der Waals surface area contributed by atoms with Gasteiger partial charge in [0.15, 0.2) is 0 Å². The monoisotopic (exact) mass is 1390 g/mol. The van der Waals surface area contributed by atoms with Crippen molar-refractivity contribution >= 4 is 95.9 Å². The number of aromatic carboxylic acids is 1. The number of fused-ring (bicyclic) bond motifs is 16. The first-order chi connectivity index (χ1) is 47.5. The molecule has 4 aromatic heterocycles. The molecule has 16 heterocycles. The van der Waals surface area contributed by atoms with Crippen molar-refractivity contribution in [3.8, 4) is 23.0 Å². The number of H-pyrrole nitrogens is 4. The number of aromatic amines is 4. The lowest BCUT2D eigenvalue weighted by Gasteiger charge is -2.53. The zero-order chi connectivity index (χ0) is 70.1. The summed E-state index contributed by atoms with van der Waals surface area (Å²) in [6, 6.07) is 15.6. The number of quaternary nitrogens is 2. The number of ether oxygens (including phenoxy) is 7. The smallest absolute Gasteiger partial charge is 0.481 e. The first-order valence-corrected chi connectivity index (χ1v) is 35.2. The van der Waals surface area contributed by atoms with Crippen LogP contribution in [0.15, 0.2) is 73.3 Å². The number of halogens is 1. The molecule has 21 nitrogen and oxygen atoms in total. The second-order valence-electron chi connectivity index (χ2n) is 29.8. The molecule has 12 saturated heterocycles. The molecule has 12 aliphatic heterocycles. The van der Waals surface area contributed by atoms with E-state index in [2.05, 4.69) is 29.7 Å². The third-order valence-corrected chi connectivity index (χ3v) is 23.8. The topological polar surface area (TPSA) is 243 Å². The predicted octanol–water partition coefficient (Wildman–Crippen LogP) is 11.6. The molecule has 0 spiro atoms. The van der Waals surface area contributed by atoms with Gasteiger partial charge in [0.2, 0.25) is 0 Å². The van der Waals surface area contributed by atoms with Crippen LogP contribution in [0.3, 0.4) is 0 Å². The number of hydrogen-bond donors (Lipinski definition) is 6. The lowest BCUT2D eigenvalue weighted by molar-refractivity contribution is -0.839. The van der Waals surface area contributed by atoms with Crippen molar-refractivity contribution in [2.75, 3.05) is 133 Å². The third kappa shape index (κ3) is 15.0. The fraction of sp³-hybridized carbons (Fsp3) is 0.526. The summed E-state index contributed by atoms with van der Waals surface area (Å²) in [7, 11) is 18.8. The zero-order valence-electron chi connectivity index (χ0n) is 59.5. The highest BCUT2D eigenvalue weighted by atomic mass is 35.5. The van der Waals surface area contributed by atoms with Gasteiger partial charge in [0.25, 0.3) is 0 Å². The minimum atomic E-state index is -0.954. The fourth-order valence-corrected chi connectivity index (χ4v) is 16.6. The van der Waals surface area contributed by atoms with Crippen molar-refractivity contribution in [1.29, 1.82) is 0 Å². The number of carboxylic acids is 1. The van der Waals surface area contributed by atoms with Gasteiger partial charge < -0.3 is 81.9 Å². The Bertz CT molecular complexity index is 4070. The molecule has 532 valence electrons. The average Bonchev–Trinajstić information content (AvgIpc) is 1.30. The van der Waals surface area contributed by atoms with Gasteiger partial charge in [-0.1, -0.05) is 24.3 Å². The average molecular weight is 1390 g/mol. The number of carbonyl (C=O) groups is 4. The molecule has 0 unspecified atom stereocenters. The minimum Gasteiger partial charge on any atom is -0.496 e. The van der Waals surface area contributed by atoms with Crippen LogP contribution in [0.5, 0.6) is 23.0 Å². The second-order valence-corrected chi connectivity index (χ2v) is 29.8. The van der Waals surface area contributed by atoms with Gasteiger partial charge in [-0.3, -0.25) is 0 Å². The molecule has 4 radical (unpaired) electrons. The van der Waals surface area contributed by atoms with Crippen LogP contribution < -0.4 is 18.9 Å². The SMILES string of the molecule is COc1c(C)ccc2[nH]cc(C(=O)O)c12.COc1c(C)ccc2[nH]cc(C(=O)OCC34CCN(CC3)CC4)c12.COc1c(C)ccc2[nH]cc(C(=O)OCC34CCN(CC3)CC4)c12.Cl.[B][N+]12CCC(CO)(CC1)CC2.[B][N+]12CCC(COC(=O)c3c[nH]c4ccc(C)c(OC)c34)(CC1)CC2. The summed E-state index contributed by atoms with van der Waals surface area (Å²) in [6.45, 7) is 22.7. The van der Waals surface area contributed by atoms with Gasteiger partial charge in [-0.15, -0.1) is 12.4 Å². The van der Waals surface area contributed by atoms with Crippen molar-refractivity contribution in [1.82, 2.24) is 29.7 Å². The number of aliphatic hydroxyl groups excluding tert-OH is 1. The lowest BCUT2D eigenvalue weighted by Crippen LogP contribution is -2.61. The van der Waals surface area contributed by atoms with E-state index in [0.29, 0.717) is 58.6 Å². The van der Waals surface area contributed by atoms with Crippen LogP contribution >= 0.6 is 12.4 Å². The van der Waals surface area contributed by atoms with Gasteiger partial charge in [-0.05, 0) is 152 Å². The van der Waals surface area contributed by atoms with Gasteiger partial charge in [0.05, 0.1) is 153 Å². The van der Waals surface area contributed by atoms with Crippen LogP contribution in [0.4, 0.5) is 0 Å². The number of rotatable bonds is 15. The molecule has 12 fully saturated rings. The minimum absolute atomic E-state index is 0. The van der Waals surface area contributed by atoms with E-state index in [4.69, 9.17) is 54.2 Å².